The molecule has 2 saturated heterocycles. The molecule has 5 rings (SSSR count). The van der Waals surface area contributed by atoms with Crippen molar-refractivity contribution in [2.75, 3.05) is 11.5 Å². The van der Waals surface area contributed by atoms with E-state index in [1.54, 1.807) is 29.1 Å². The summed E-state index contributed by atoms with van der Waals surface area (Å²) in [6, 6.07) is 15.0. The molecule has 3 aromatic rings. The molecular weight excluding hydrogens is 508 g/mol. The van der Waals surface area contributed by atoms with Crippen molar-refractivity contribution in [3.05, 3.63) is 81.4 Å². The van der Waals surface area contributed by atoms with Crippen LogP contribution >= 0.6 is 24.0 Å². The lowest BCUT2D eigenvalue weighted by Gasteiger charge is -2.20. The van der Waals surface area contributed by atoms with Crippen molar-refractivity contribution < 1.29 is 18.1 Å². The second-order valence-electron chi connectivity index (χ2n) is 8.13. The highest BCUT2D eigenvalue weighted by Gasteiger charge is 2.42. The number of thioether (sulfide) groups is 1. The molecule has 0 unspecified atom stereocenters. The number of carbonyl (C=O) groups excluding carboxylic acids is 1. The van der Waals surface area contributed by atoms with Gasteiger partial charge in [0.15, 0.2) is 9.84 Å². The number of rotatable bonds is 5. The van der Waals surface area contributed by atoms with Crippen molar-refractivity contribution in [1.29, 1.82) is 0 Å². The van der Waals surface area contributed by atoms with E-state index in [4.69, 9.17) is 12.2 Å². The number of nitro benzene ring substituents is 1. The first-order valence-electron chi connectivity index (χ1n) is 10.6. The third-order valence-corrected chi connectivity index (χ3v) is 8.86. The highest BCUT2D eigenvalue weighted by molar-refractivity contribution is 8.26. The van der Waals surface area contributed by atoms with Gasteiger partial charge in [-0.3, -0.25) is 19.8 Å². The highest BCUT2D eigenvalue weighted by atomic mass is 32.2. The molecule has 1 atom stereocenters. The van der Waals surface area contributed by atoms with Crippen LogP contribution in [0.15, 0.2) is 65.7 Å². The molecule has 0 saturated carbocycles. The first-order valence-corrected chi connectivity index (χ1v) is 13.6. The Morgan fingerprint density at radius 2 is 1.94 bits per heavy atom. The molecule has 178 valence electrons. The van der Waals surface area contributed by atoms with Crippen LogP contribution in [0, 0.1) is 10.1 Å². The first-order chi connectivity index (χ1) is 16.7. The van der Waals surface area contributed by atoms with Gasteiger partial charge in [-0.2, -0.15) is 5.10 Å². The van der Waals surface area contributed by atoms with Crippen LogP contribution in [0.5, 0.6) is 0 Å². The smallest absolute Gasteiger partial charge is 0.270 e. The number of carbonyl (C=O) groups is 1. The number of aromatic nitrogens is 2. The zero-order valence-corrected chi connectivity index (χ0v) is 20.6. The molecule has 0 N–H and O–H groups in total. The van der Waals surface area contributed by atoms with Crippen molar-refractivity contribution in [3.8, 4) is 16.9 Å². The molecule has 2 fully saturated rings. The Hall–Kier alpha value is -3.35. The standard InChI is InChI=1S/C23H18N4O5S3/c28-22-20(34-23(33)26(22)19-9-10-35(31,32)14-19)12-16-13-25(17-6-2-1-3-7-17)24-21(16)15-5-4-8-18(11-15)27(29)30/h1-8,11-13,19H,9-10,14H2/b20-12-/t19-/m0/s1. The molecule has 0 spiro atoms. The second kappa shape index (κ2) is 9.02. The van der Waals surface area contributed by atoms with E-state index in [0.29, 0.717) is 32.5 Å². The molecule has 9 nitrogen and oxygen atoms in total. The predicted molar refractivity (Wildman–Crippen MR) is 138 cm³/mol. The van der Waals surface area contributed by atoms with Gasteiger partial charge in [-0.15, -0.1) is 0 Å². The van der Waals surface area contributed by atoms with Gasteiger partial charge in [-0.1, -0.05) is 54.3 Å². The van der Waals surface area contributed by atoms with Crippen LogP contribution in [-0.4, -0.2) is 55.8 Å². The van der Waals surface area contributed by atoms with Gasteiger partial charge < -0.3 is 0 Å². The van der Waals surface area contributed by atoms with Crippen LogP contribution in [0.25, 0.3) is 23.0 Å². The van der Waals surface area contributed by atoms with Crippen LogP contribution in [-0.2, 0) is 14.6 Å². The Balaban J connectivity index is 1.57. The average molecular weight is 527 g/mol. The molecule has 0 radical (unpaired) electrons. The van der Waals surface area contributed by atoms with Crippen LogP contribution in [0.2, 0.25) is 0 Å². The van der Waals surface area contributed by atoms with Crippen LogP contribution in [0.1, 0.15) is 12.0 Å². The Kier molecular flexibility index (Phi) is 6.03. The maximum Gasteiger partial charge on any atom is 0.270 e. The quantitative estimate of drug-likeness (QED) is 0.213. The summed E-state index contributed by atoms with van der Waals surface area (Å²) in [5.41, 5.74) is 2.27. The maximum absolute atomic E-state index is 13.2. The van der Waals surface area contributed by atoms with Crippen LogP contribution in [0.4, 0.5) is 5.69 Å². The zero-order valence-electron chi connectivity index (χ0n) is 18.1. The minimum Gasteiger partial charge on any atom is -0.289 e. The Morgan fingerprint density at radius 3 is 2.63 bits per heavy atom. The number of para-hydroxylation sites is 1. The van der Waals surface area contributed by atoms with Gasteiger partial charge in [0.25, 0.3) is 11.6 Å². The molecule has 0 aliphatic carbocycles. The van der Waals surface area contributed by atoms with E-state index in [2.05, 4.69) is 5.10 Å². The number of hydrogen-bond acceptors (Lipinski definition) is 8. The van der Waals surface area contributed by atoms with Crippen molar-refractivity contribution in [1.82, 2.24) is 14.7 Å². The van der Waals surface area contributed by atoms with Gasteiger partial charge in [0.2, 0.25) is 0 Å². The summed E-state index contributed by atoms with van der Waals surface area (Å²) in [6.07, 6.45) is 3.76. The fraction of sp³-hybridized carbons (Fsp3) is 0.174. The lowest BCUT2D eigenvalue weighted by molar-refractivity contribution is -0.384. The minimum atomic E-state index is -3.19. The predicted octanol–water partition coefficient (Wildman–Crippen LogP) is 3.84. The number of thiocarbonyl (C=S) groups is 1. The fourth-order valence-corrected chi connectivity index (χ4v) is 7.20. The molecule has 1 amide bonds. The summed E-state index contributed by atoms with van der Waals surface area (Å²) >= 11 is 6.52. The molecule has 0 bridgehead atoms. The summed E-state index contributed by atoms with van der Waals surface area (Å²) in [7, 11) is -3.19. The van der Waals surface area contributed by atoms with Gasteiger partial charge in [-0.05, 0) is 24.6 Å². The summed E-state index contributed by atoms with van der Waals surface area (Å²) in [5.74, 6) is -0.411. The van der Waals surface area contributed by atoms with Gasteiger partial charge in [0, 0.05) is 29.5 Å². The number of sulfone groups is 1. The Morgan fingerprint density at radius 1 is 1.17 bits per heavy atom. The van der Waals surface area contributed by atoms with Gasteiger partial charge >= 0.3 is 0 Å². The number of non-ortho nitro benzene ring substituents is 1. The lowest BCUT2D eigenvalue weighted by Crippen LogP contribution is -2.39. The molecule has 2 aliphatic heterocycles. The molecule has 3 heterocycles. The third-order valence-electron chi connectivity index (χ3n) is 5.78. The molecule has 12 heteroatoms. The van der Waals surface area contributed by atoms with E-state index in [0.717, 1.165) is 17.4 Å². The van der Waals surface area contributed by atoms with Gasteiger partial charge in [0.05, 0.1) is 33.1 Å². The number of nitro groups is 1. The van der Waals surface area contributed by atoms with Crippen LogP contribution in [0.3, 0.4) is 0 Å². The maximum atomic E-state index is 13.2. The topological polar surface area (TPSA) is 115 Å². The van der Waals surface area contributed by atoms with Crippen molar-refractivity contribution in [3.63, 3.8) is 0 Å². The Labute approximate surface area is 210 Å². The highest BCUT2D eigenvalue weighted by Crippen LogP contribution is 2.38. The largest absolute Gasteiger partial charge is 0.289 e. The number of nitrogens with zero attached hydrogens (tertiary/aromatic N) is 4. The molecule has 1 aromatic heterocycles. The number of amides is 1. The van der Waals surface area contributed by atoms with E-state index >= 15 is 0 Å². The molecular formula is C23H18N4O5S3. The summed E-state index contributed by atoms with van der Waals surface area (Å²) < 4.78 is 25.8. The molecule has 35 heavy (non-hydrogen) atoms. The van der Waals surface area contributed by atoms with E-state index < -0.39 is 20.8 Å². The third kappa shape index (κ3) is 4.64. The summed E-state index contributed by atoms with van der Waals surface area (Å²) in [5, 5.41) is 16.0. The average Bonchev–Trinajstić information content (AvgIpc) is 3.49. The fourth-order valence-electron chi connectivity index (χ4n) is 4.11. The van der Waals surface area contributed by atoms with Gasteiger partial charge in [0.1, 0.15) is 10.0 Å². The number of hydrogen-bond donors (Lipinski definition) is 0. The van der Waals surface area contributed by atoms with Crippen molar-refractivity contribution in [2.24, 2.45) is 0 Å². The monoisotopic (exact) mass is 526 g/mol. The first kappa shape index (κ1) is 23.4. The van der Waals surface area contributed by atoms with Gasteiger partial charge in [-0.25, -0.2) is 13.1 Å². The minimum absolute atomic E-state index is 0.0363. The zero-order chi connectivity index (χ0) is 24.7. The number of benzene rings is 2. The molecule has 2 aromatic carbocycles. The lowest BCUT2D eigenvalue weighted by atomic mass is 10.1. The molecule has 2 aliphatic rings. The van der Waals surface area contributed by atoms with E-state index in [9.17, 15) is 23.3 Å². The summed E-state index contributed by atoms with van der Waals surface area (Å²) in [4.78, 5) is 25.8. The second-order valence-corrected chi connectivity index (χ2v) is 12.0. The van der Waals surface area contributed by atoms with E-state index in [1.807, 2.05) is 30.3 Å². The van der Waals surface area contributed by atoms with E-state index in [1.165, 1.54) is 17.0 Å². The van der Waals surface area contributed by atoms with Crippen molar-refractivity contribution >= 4 is 55.8 Å². The Bertz CT molecular complexity index is 1500. The van der Waals surface area contributed by atoms with Crippen LogP contribution < -0.4 is 0 Å². The SMILES string of the molecule is O=C1/C(=C/c2cn(-c3ccccc3)nc2-c2cccc([N+](=O)[O-])c2)SC(=S)N1[C@H]1CCS(=O)(=O)C1. The summed E-state index contributed by atoms with van der Waals surface area (Å²) in [6.45, 7) is 0. The normalized spacial score (nSPS) is 20.6. The van der Waals surface area contributed by atoms with Crippen molar-refractivity contribution in [2.45, 2.75) is 12.5 Å². The van der Waals surface area contributed by atoms with E-state index in [-0.39, 0.29) is 23.1 Å².